The Labute approximate surface area is 85.7 Å². The van der Waals surface area contributed by atoms with Gasteiger partial charge in [0.2, 0.25) is 6.29 Å². The molecular formula is C7H12O6S. The Morgan fingerprint density at radius 3 is 2.36 bits per heavy atom. The van der Waals surface area contributed by atoms with Gasteiger partial charge in [0.05, 0.1) is 6.61 Å². The molecule has 5 atom stereocenters. The predicted molar refractivity (Wildman–Crippen MR) is 48.5 cm³/mol. The number of hydrogen-bond acceptors (Lipinski definition) is 7. The van der Waals surface area contributed by atoms with Gasteiger partial charge >= 0.3 is 0 Å². The second-order valence-corrected chi connectivity index (χ2v) is 3.12. The molecule has 1 rings (SSSR count). The molecule has 14 heavy (non-hydrogen) atoms. The molecule has 0 amide bonds. The monoisotopic (exact) mass is 224 g/mol. The summed E-state index contributed by atoms with van der Waals surface area (Å²) in [4.78, 5) is 0. The van der Waals surface area contributed by atoms with Gasteiger partial charge in [-0.25, -0.2) is 0 Å². The van der Waals surface area contributed by atoms with Gasteiger partial charge in [-0.2, -0.15) is 0 Å². The second kappa shape index (κ2) is 4.96. The van der Waals surface area contributed by atoms with Gasteiger partial charge < -0.3 is 29.9 Å². The Kier molecular flexibility index (Phi) is 4.17. The van der Waals surface area contributed by atoms with Gasteiger partial charge in [0.1, 0.15) is 30.0 Å². The first-order valence-corrected chi connectivity index (χ1v) is 4.48. The van der Waals surface area contributed by atoms with E-state index in [2.05, 4.69) is 17.0 Å². The maximum absolute atomic E-state index is 9.34. The van der Waals surface area contributed by atoms with E-state index >= 15 is 0 Å². The molecule has 0 unspecified atom stereocenters. The molecule has 1 aliphatic rings. The normalized spacial score (nSPS) is 43.3. The molecule has 1 aliphatic heterocycles. The van der Waals surface area contributed by atoms with Crippen molar-refractivity contribution in [3.05, 3.63) is 0 Å². The summed E-state index contributed by atoms with van der Waals surface area (Å²) < 4.78 is 9.62. The zero-order valence-corrected chi connectivity index (χ0v) is 8.00. The number of aliphatic hydroxyl groups is 4. The van der Waals surface area contributed by atoms with E-state index in [-0.39, 0.29) is 0 Å². The minimum atomic E-state index is -1.43. The molecule has 0 aromatic rings. The lowest BCUT2D eigenvalue weighted by molar-refractivity contribution is -0.279. The van der Waals surface area contributed by atoms with Gasteiger partial charge in [-0.15, -0.1) is 0 Å². The quantitative estimate of drug-likeness (QED) is 0.402. The molecule has 0 spiro atoms. The summed E-state index contributed by atoms with van der Waals surface area (Å²) in [5, 5.41) is 36.8. The molecule has 1 fully saturated rings. The van der Waals surface area contributed by atoms with Crippen molar-refractivity contribution in [2.24, 2.45) is 0 Å². The van der Waals surface area contributed by atoms with Crippen molar-refractivity contribution in [3.8, 4) is 0 Å². The van der Waals surface area contributed by atoms with Crippen LogP contribution in [0, 0.1) is 0 Å². The van der Waals surface area contributed by atoms with E-state index in [1.807, 2.05) is 0 Å². The minimum Gasteiger partial charge on any atom is -0.458 e. The van der Waals surface area contributed by atoms with Crippen LogP contribution in [-0.4, -0.2) is 63.3 Å². The fourth-order valence-electron chi connectivity index (χ4n) is 1.23. The van der Waals surface area contributed by atoms with Crippen LogP contribution in [0.5, 0.6) is 0 Å². The summed E-state index contributed by atoms with van der Waals surface area (Å²) in [5.41, 5.74) is 0.882. The summed E-state index contributed by atoms with van der Waals surface area (Å²) in [6.45, 7) is -0.484. The summed E-state index contributed by atoms with van der Waals surface area (Å²) in [6, 6.07) is 0. The van der Waals surface area contributed by atoms with E-state index in [1.165, 1.54) is 0 Å². The molecule has 6 nitrogen and oxygen atoms in total. The lowest BCUT2D eigenvalue weighted by atomic mass is 9.99. The molecule has 1 saturated heterocycles. The van der Waals surface area contributed by atoms with Crippen LogP contribution in [0.1, 0.15) is 0 Å². The van der Waals surface area contributed by atoms with Crippen LogP contribution in [0.2, 0.25) is 0 Å². The number of aliphatic hydroxyl groups excluding tert-OH is 4. The van der Waals surface area contributed by atoms with Gasteiger partial charge in [0.25, 0.3) is 0 Å². The van der Waals surface area contributed by atoms with E-state index in [9.17, 15) is 15.3 Å². The lowest BCUT2D eigenvalue weighted by Crippen LogP contribution is -2.59. The average Bonchev–Trinajstić information content (AvgIpc) is 2.19. The summed E-state index contributed by atoms with van der Waals surface area (Å²) in [5.74, 6) is 0. The summed E-state index contributed by atoms with van der Waals surface area (Å²) in [7, 11) is 0. The van der Waals surface area contributed by atoms with Gasteiger partial charge in [0.15, 0.2) is 0 Å². The Morgan fingerprint density at radius 1 is 1.21 bits per heavy atom. The zero-order valence-electron chi connectivity index (χ0n) is 7.18. The average molecular weight is 224 g/mol. The van der Waals surface area contributed by atoms with E-state index in [4.69, 9.17) is 9.84 Å². The number of ether oxygens (including phenoxy) is 2. The summed E-state index contributed by atoms with van der Waals surface area (Å²) in [6.07, 6.45) is -6.33. The van der Waals surface area contributed by atoms with Crippen molar-refractivity contribution in [1.29, 1.82) is 0 Å². The SMILES string of the molecule is OC[C@H]1O[C@@H](OC=S)[C@H](O)[C@@H](O)[C@H]1O. The van der Waals surface area contributed by atoms with Crippen LogP contribution in [0.15, 0.2) is 0 Å². The third-order valence-electron chi connectivity index (χ3n) is 2.04. The molecule has 0 radical (unpaired) electrons. The predicted octanol–water partition coefficient (Wildman–Crippen LogP) is -2.24. The first kappa shape index (κ1) is 11.8. The summed E-state index contributed by atoms with van der Waals surface area (Å²) >= 11 is 4.38. The molecule has 0 aromatic carbocycles. The Hall–Kier alpha value is -0.310. The van der Waals surface area contributed by atoms with Crippen molar-refractivity contribution in [1.82, 2.24) is 0 Å². The fourth-order valence-corrected chi connectivity index (χ4v) is 1.34. The number of rotatable bonds is 3. The third-order valence-corrected chi connectivity index (χ3v) is 2.15. The maximum atomic E-state index is 9.34. The van der Waals surface area contributed by atoms with Gasteiger partial charge in [-0.05, 0) is 12.2 Å². The Bertz CT molecular complexity index is 199. The van der Waals surface area contributed by atoms with E-state index in [0.29, 0.717) is 0 Å². The highest BCUT2D eigenvalue weighted by Crippen LogP contribution is 2.21. The molecule has 4 N–H and O–H groups in total. The Balaban J connectivity index is 2.67. The highest BCUT2D eigenvalue weighted by atomic mass is 32.1. The molecule has 0 aliphatic carbocycles. The molecule has 0 saturated carbocycles. The Morgan fingerprint density at radius 2 is 1.86 bits per heavy atom. The van der Waals surface area contributed by atoms with Crippen LogP contribution in [0.4, 0.5) is 0 Å². The van der Waals surface area contributed by atoms with E-state index < -0.39 is 37.3 Å². The first-order valence-electron chi connectivity index (χ1n) is 4.01. The lowest BCUT2D eigenvalue weighted by Gasteiger charge is -2.38. The maximum Gasteiger partial charge on any atom is 0.229 e. The fraction of sp³-hybridized carbons (Fsp3) is 0.857. The second-order valence-electron chi connectivity index (χ2n) is 2.93. The number of thiocarbonyl (C=S) groups is 1. The van der Waals surface area contributed by atoms with Crippen LogP contribution < -0.4 is 0 Å². The molecule has 7 heteroatoms. The minimum absolute atomic E-state index is 0.484. The number of hydrogen-bond donors (Lipinski definition) is 4. The zero-order chi connectivity index (χ0) is 10.7. The van der Waals surface area contributed by atoms with Crippen LogP contribution in [-0.2, 0) is 9.47 Å². The highest BCUT2D eigenvalue weighted by Gasteiger charge is 2.44. The van der Waals surface area contributed by atoms with Gasteiger partial charge in [0, 0.05) is 0 Å². The van der Waals surface area contributed by atoms with Gasteiger partial charge in [-0.3, -0.25) is 0 Å². The van der Waals surface area contributed by atoms with Crippen LogP contribution in [0.25, 0.3) is 0 Å². The topological polar surface area (TPSA) is 99.4 Å². The van der Waals surface area contributed by atoms with Crippen molar-refractivity contribution in [2.75, 3.05) is 6.61 Å². The van der Waals surface area contributed by atoms with E-state index in [1.54, 1.807) is 0 Å². The highest BCUT2D eigenvalue weighted by molar-refractivity contribution is 7.78. The molecular weight excluding hydrogens is 212 g/mol. The molecule has 82 valence electrons. The first-order chi connectivity index (χ1) is 6.61. The van der Waals surface area contributed by atoms with Crippen molar-refractivity contribution < 1.29 is 29.9 Å². The molecule has 0 aromatic heterocycles. The third kappa shape index (κ3) is 2.19. The van der Waals surface area contributed by atoms with Crippen molar-refractivity contribution in [2.45, 2.75) is 30.7 Å². The molecule has 1 heterocycles. The van der Waals surface area contributed by atoms with Gasteiger partial charge in [-0.1, -0.05) is 0 Å². The molecule has 0 bridgehead atoms. The van der Waals surface area contributed by atoms with E-state index in [0.717, 1.165) is 5.55 Å². The van der Waals surface area contributed by atoms with Crippen LogP contribution >= 0.6 is 12.2 Å². The van der Waals surface area contributed by atoms with Crippen molar-refractivity contribution >= 4 is 17.8 Å². The van der Waals surface area contributed by atoms with Crippen LogP contribution in [0.3, 0.4) is 0 Å². The van der Waals surface area contributed by atoms with Crippen molar-refractivity contribution in [3.63, 3.8) is 0 Å². The smallest absolute Gasteiger partial charge is 0.229 e. The standard InChI is InChI=1S/C7H12O6S/c8-1-3-4(9)5(10)6(11)7(13-3)12-2-14/h2-11H,1H2/t3-,4+,5+,6-,7-/m1/s1. The largest absolute Gasteiger partial charge is 0.458 e.